The zero-order chi connectivity index (χ0) is 14.9. The van der Waals surface area contributed by atoms with Crippen molar-refractivity contribution >= 4 is 21.6 Å². The van der Waals surface area contributed by atoms with Crippen molar-refractivity contribution in [1.82, 2.24) is 5.32 Å². The van der Waals surface area contributed by atoms with Gasteiger partial charge in [-0.05, 0) is 65.7 Å². The molecule has 0 radical (unpaired) electrons. The number of benzene rings is 1. The molecule has 1 aliphatic rings. The first-order chi connectivity index (χ1) is 9.29. The third-order valence-electron chi connectivity index (χ3n) is 3.38. The first-order valence-corrected chi connectivity index (χ1v) is 7.11. The molecule has 3 nitrogen and oxygen atoms in total. The van der Waals surface area contributed by atoms with Gasteiger partial charge in [0.2, 0.25) is 0 Å². The predicted molar refractivity (Wildman–Crippen MR) is 78.4 cm³/mol. The molecule has 1 saturated carbocycles. The Hall–Kier alpha value is -0.580. The van der Waals surface area contributed by atoms with Crippen LogP contribution in [0.3, 0.4) is 0 Å². The Morgan fingerprint density at radius 1 is 1.44 bits per heavy atom. The molecule has 1 aromatic rings. The van der Waals surface area contributed by atoms with E-state index in [2.05, 4.69) is 21.2 Å². The molecule has 0 saturated heterocycles. The van der Waals surface area contributed by atoms with Crippen molar-refractivity contribution in [2.45, 2.75) is 51.2 Å². The van der Waals surface area contributed by atoms with Crippen molar-refractivity contribution in [3.05, 3.63) is 27.7 Å². The number of nitrogen functional groups attached to an aromatic ring is 1. The highest BCUT2D eigenvalue weighted by molar-refractivity contribution is 9.10. The maximum absolute atomic E-state index is 9.51. The van der Waals surface area contributed by atoms with Crippen LogP contribution in [-0.4, -0.2) is 17.3 Å². The molecule has 0 atom stereocenters. The Morgan fingerprint density at radius 3 is 2.78 bits per heavy atom. The number of aliphatic hydroxyl groups excluding tert-OH is 1. The minimum absolute atomic E-state index is 0.0760. The summed E-state index contributed by atoms with van der Waals surface area (Å²) in [5.74, 6) is 0. The summed E-state index contributed by atoms with van der Waals surface area (Å²) in [6, 6.07) is 3.74. The van der Waals surface area contributed by atoms with Gasteiger partial charge in [0.05, 0.1) is 11.8 Å². The Labute approximate surface area is 120 Å². The molecule has 4 N–H and O–H groups in total. The third kappa shape index (κ3) is 3.46. The van der Waals surface area contributed by atoms with E-state index in [0.29, 0.717) is 11.3 Å². The zero-order valence-electron chi connectivity index (χ0n) is 12.5. The van der Waals surface area contributed by atoms with Crippen LogP contribution in [0.1, 0.15) is 39.6 Å². The lowest BCUT2D eigenvalue weighted by molar-refractivity contribution is 0.116. The number of nitrogens with one attached hydrogen (secondary N) is 1. The van der Waals surface area contributed by atoms with Gasteiger partial charge in [0.25, 0.3) is 0 Å². The minimum atomic E-state index is -1.68. The summed E-state index contributed by atoms with van der Waals surface area (Å²) in [5, 5.41) is 12.6. The first-order valence-electron chi connectivity index (χ1n) is 7.31. The van der Waals surface area contributed by atoms with Gasteiger partial charge in [-0.1, -0.05) is 6.07 Å². The lowest BCUT2D eigenvalue weighted by Gasteiger charge is -2.26. The Kier molecular flexibility index (Phi) is 3.78. The summed E-state index contributed by atoms with van der Waals surface area (Å²) < 4.78 is 17.3. The molecule has 18 heavy (non-hydrogen) atoms. The van der Waals surface area contributed by atoms with E-state index in [9.17, 15) is 5.11 Å². The van der Waals surface area contributed by atoms with E-state index in [4.69, 9.17) is 8.48 Å². The Balaban J connectivity index is 2.18. The average molecular weight is 314 g/mol. The van der Waals surface area contributed by atoms with Crippen LogP contribution in [0.25, 0.3) is 0 Å². The largest absolute Gasteiger partial charge is 0.398 e. The van der Waals surface area contributed by atoms with Crippen molar-refractivity contribution in [3.8, 4) is 0 Å². The number of aryl methyl sites for hydroxylation is 1. The number of hydrogen-bond acceptors (Lipinski definition) is 3. The van der Waals surface area contributed by atoms with E-state index >= 15 is 0 Å². The SMILES string of the molecule is [1H][13C]([1H])(NC1CCC(O)CC1)c1cc(C)cc(Br)c1N. The number of rotatable bonds is 3. The van der Waals surface area contributed by atoms with E-state index in [-0.39, 0.29) is 12.1 Å². The number of hydrogen-bond donors (Lipinski definition) is 3. The molecule has 1 fully saturated rings. The number of halogens is 1. The molecular weight excluding hydrogens is 293 g/mol. The van der Waals surface area contributed by atoms with E-state index < -0.39 is 6.50 Å². The third-order valence-corrected chi connectivity index (χ3v) is 4.04. The maximum Gasteiger partial charge on any atom is 0.0541 e. The standard InChI is InChI=1S/C14H21BrN2O/c1-9-6-10(14(16)13(15)7-9)8-17-11-2-4-12(18)5-3-11/h6-7,11-12,17-18H,2-5,8,16H2,1H3/i8+1H2. The van der Waals surface area contributed by atoms with Crippen LogP contribution in [-0.2, 0) is 6.50 Å². The van der Waals surface area contributed by atoms with Gasteiger partial charge in [-0.15, -0.1) is 0 Å². The molecule has 0 aromatic heterocycles. The van der Waals surface area contributed by atoms with Crippen LogP contribution < -0.4 is 11.1 Å². The summed E-state index contributed by atoms with van der Waals surface area (Å²) in [4.78, 5) is 0. The van der Waals surface area contributed by atoms with Gasteiger partial charge >= 0.3 is 0 Å². The Morgan fingerprint density at radius 2 is 2.11 bits per heavy atom. The van der Waals surface area contributed by atoms with E-state index in [1.807, 2.05) is 13.0 Å². The highest BCUT2D eigenvalue weighted by Gasteiger charge is 2.19. The molecule has 2 rings (SSSR count). The lowest BCUT2D eigenvalue weighted by atomic mass is 9.93. The first kappa shape index (κ1) is 11.3. The quantitative estimate of drug-likeness (QED) is 0.594. The van der Waals surface area contributed by atoms with Gasteiger partial charge in [-0.3, -0.25) is 0 Å². The molecule has 4 heteroatoms. The normalized spacial score (nSPS) is 26.6. The summed E-state index contributed by atoms with van der Waals surface area (Å²) in [5.41, 5.74) is 7.86. The van der Waals surface area contributed by atoms with Gasteiger partial charge in [0, 0.05) is 19.8 Å². The fourth-order valence-electron chi connectivity index (χ4n) is 2.26. The molecule has 0 unspecified atom stereocenters. The molecule has 0 aliphatic heterocycles. The second kappa shape index (κ2) is 6.04. The fourth-order valence-corrected chi connectivity index (χ4v) is 2.83. The summed E-state index contributed by atoms with van der Waals surface area (Å²) in [7, 11) is 0. The van der Waals surface area contributed by atoms with Gasteiger partial charge < -0.3 is 16.2 Å². The highest BCUT2D eigenvalue weighted by atomic mass is 79.9. The second-order valence-electron chi connectivity index (χ2n) is 4.98. The van der Waals surface area contributed by atoms with Crippen LogP contribution >= 0.6 is 15.9 Å². The van der Waals surface area contributed by atoms with Crippen LogP contribution in [0, 0.1) is 6.92 Å². The second-order valence-corrected chi connectivity index (χ2v) is 5.84. The van der Waals surface area contributed by atoms with Crippen LogP contribution in [0.15, 0.2) is 16.6 Å². The topological polar surface area (TPSA) is 58.3 Å². The average Bonchev–Trinajstić information content (AvgIpc) is 2.36. The lowest BCUT2D eigenvalue weighted by Crippen LogP contribution is -2.34. The molecular formula is C14H21BrN2O. The minimum Gasteiger partial charge on any atom is -0.398 e. The molecule has 1 aliphatic carbocycles. The molecule has 1 aromatic carbocycles. The van der Waals surface area contributed by atoms with Gasteiger partial charge in [-0.25, -0.2) is 0 Å². The number of aliphatic hydroxyl groups is 1. The summed E-state index contributed by atoms with van der Waals surface area (Å²) in [6.07, 6.45) is 2.78. The maximum atomic E-state index is 9.51. The smallest absolute Gasteiger partial charge is 0.0541 e. The van der Waals surface area contributed by atoms with Crippen LogP contribution in [0.4, 0.5) is 5.69 Å². The molecule has 0 amide bonds. The van der Waals surface area contributed by atoms with E-state index in [1.54, 1.807) is 6.07 Å². The molecule has 100 valence electrons. The Bertz CT molecular complexity index is 488. The highest BCUT2D eigenvalue weighted by Crippen LogP contribution is 2.26. The summed E-state index contributed by atoms with van der Waals surface area (Å²) >= 11 is 3.37. The van der Waals surface area contributed by atoms with Gasteiger partial charge in [0.1, 0.15) is 0 Å². The number of nitrogens with two attached hydrogens (primary N) is 1. The van der Waals surface area contributed by atoms with Gasteiger partial charge in [-0.2, -0.15) is 0 Å². The monoisotopic (exact) mass is 313 g/mol. The molecule has 0 heterocycles. The van der Waals surface area contributed by atoms with Crippen molar-refractivity contribution < 1.29 is 7.85 Å². The fraction of sp³-hybridized carbons (Fsp3) is 0.571. The van der Waals surface area contributed by atoms with Crippen molar-refractivity contribution in [3.63, 3.8) is 0 Å². The van der Waals surface area contributed by atoms with Crippen molar-refractivity contribution in [2.75, 3.05) is 5.73 Å². The zero-order valence-corrected chi connectivity index (χ0v) is 12.1. The molecule has 0 bridgehead atoms. The van der Waals surface area contributed by atoms with Crippen molar-refractivity contribution in [1.29, 1.82) is 0 Å². The van der Waals surface area contributed by atoms with E-state index in [0.717, 1.165) is 35.7 Å². The van der Waals surface area contributed by atoms with Crippen LogP contribution in [0.2, 0.25) is 0 Å². The summed E-state index contributed by atoms with van der Waals surface area (Å²) in [6.45, 7) is 0.242. The van der Waals surface area contributed by atoms with Crippen molar-refractivity contribution in [2.24, 2.45) is 0 Å². The van der Waals surface area contributed by atoms with Gasteiger partial charge in [0.15, 0.2) is 0 Å². The number of anilines is 1. The van der Waals surface area contributed by atoms with Crippen LogP contribution in [0.5, 0.6) is 0 Å². The predicted octanol–water partition coefficient (Wildman–Crippen LogP) is 2.73. The van der Waals surface area contributed by atoms with E-state index in [1.165, 1.54) is 0 Å². The molecule has 0 spiro atoms.